The van der Waals surface area contributed by atoms with Gasteiger partial charge in [0.1, 0.15) is 5.82 Å². The third kappa shape index (κ3) is 4.02. The predicted molar refractivity (Wildman–Crippen MR) is 80.4 cm³/mol. The van der Waals surface area contributed by atoms with Crippen LogP contribution in [-0.2, 0) is 6.42 Å². The van der Waals surface area contributed by atoms with Crippen LogP contribution in [0, 0.1) is 5.82 Å². The van der Waals surface area contributed by atoms with Crippen molar-refractivity contribution in [3.8, 4) is 0 Å². The molecule has 20 heavy (non-hydrogen) atoms. The molecule has 0 aliphatic rings. The molecule has 0 fully saturated rings. The van der Waals surface area contributed by atoms with Crippen molar-refractivity contribution in [2.45, 2.75) is 25.8 Å². The first-order valence-electron chi connectivity index (χ1n) is 6.78. The lowest BCUT2D eigenvalue weighted by molar-refractivity contribution is 0.528. The first kappa shape index (κ1) is 14.9. The van der Waals surface area contributed by atoms with Crippen molar-refractivity contribution in [3.05, 3.63) is 64.7 Å². The Kier molecular flexibility index (Phi) is 5.50. The molecule has 0 aliphatic heterocycles. The molecular weight excluding hydrogens is 275 g/mol. The highest BCUT2D eigenvalue weighted by atomic mass is 35.5. The SMILES string of the molecule is CCCNC(Cc1ccc(F)c(Cl)c1)c1ccncc1. The van der Waals surface area contributed by atoms with Gasteiger partial charge in [-0.15, -0.1) is 0 Å². The van der Waals surface area contributed by atoms with Gasteiger partial charge in [0.15, 0.2) is 0 Å². The zero-order valence-electron chi connectivity index (χ0n) is 11.4. The Morgan fingerprint density at radius 1 is 1.25 bits per heavy atom. The number of rotatable bonds is 6. The summed E-state index contributed by atoms with van der Waals surface area (Å²) in [6, 6.07) is 9.07. The second-order valence-corrected chi connectivity index (χ2v) is 5.15. The third-order valence-electron chi connectivity index (χ3n) is 3.17. The summed E-state index contributed by atoms with van der Waals surface area (Å²) in [6.45, 7) is 3.06. The van der Waals surface area contributed by atoms with E-state index in [9.17, 15) is 4.39 Å². The molecule has 1 atom stereocenters. The summed E-state index contributed by atoms with van der Waals surface area (Å²) in [7, 11) is 0. The van der Waals surface area contributed by atoms with Gasteiger partial charge in [-0.1, -0.05) is 24.6 Å². The van der Waals surface area contributed by atoms with Crippen LogP contribution in [0.15, 0.2) is 42.7 Å². The van der Waals surface area contributed by atoms with E-state index in [1.165, 1.54) is 11.6 Å². The molecule has 0 aliphatic carbocycles. The van der Waals surface area contributed by atoms with Crippen LogP contribution in [0.2, 0.25) is 5.02 Å². The Labute approximate surface area is 124 Å². The van der Waals surface area contributed by atoms with Gasteiger partial charge >= 0.3 is 0 Å². The van der Waals surface area contributed by atoms with Gasteiger partial charge in [0.2, 0.25) is 0 Å². The maximum absolute atomic E-state index is 13.2. The summed E-state index contributed by atoms with van der Waals surface area (Å²) >= 11 is 5.84. The fourth-order valence-electron chi connectivity index (χ4n) is 2.12. The Balaban J connectivity index is 2.17. The van der Waals surface area contributed by atoms with Crippen LogP contribution in [0.4, 0.5) is 4.39 Å². The number of benzene rings is 1. The Morgan fingerprint density at radius 2 is 2.00 bits per heavy atom. The van der Waals surface area contributed by atoms with E-state index in [1.54, 1.807) is 24.5 Å². The molecule has 1 heterocycles. The number of nitrogens with one attached hydrogen (secondary N) is 1. The molecule has 2 rings (SSSR count). The minimum Gasteiger partial charge on any atom is -0.310 e. The molecular formula is C16H18ClFN2. The van der Waals surface area contributed by atoms with Crippen molar-refractivity contribution in [3.63, 3.8) is 0 Å². The molecule has 2 nitrogen and oxygen atoms in total. The molecule has 106 valence electrons. The van der Waals surface area contributed by atoms with Gasteiger partial charge in [0.25, 0.3) is 0 Å². The van der Waals surface area contributed by atoms with E-state index in [-0.39, 0.29) is 16.9 Å². The van der Waals surface area contributed by atoms with Crippen LogP contribution < -0.4 is 5.32 Å². The van der Waals surface area contributed by atoms with Gasteiger partial charge in [-0.05, 0) is 54.8 Å². The molecule has 1 unspecified atom stereocenters. The van der Waals surface area contributed by atoms with E-state index in [1.807, 2.05) is 12.1 Å². The highest BCUT2D eigenvalue weighted by molar-refractivity contribution is 6.30. The molecule has 0 bridgehead atoms. The first-order chi connectivity index (χ1) is 9.70. The number of aromatic nitrogens is 1. The van der Waals surface area contributed by atoms with E-state index in [4.69, 9.17) is 11.6 Å². The summed E-state index contributed by atoms with van der Waals surface area (Å²) in [5, 5.41) is 3.68. The van der Waals surface area contributed by atoms with Crippen molar-refractivity contribution >= 4 is 11.6 Å². The van der Waals surface area contributed by atoms with Crippen LogP contribution >= 0.6 is 11.6 Å². The second-order valence-electron chi connectivity index (χ2n) is 4.74. The summed E-state index contributed by atoms with van der Waals surface area (Å²) in [4.78, 5) is 4.04. The number of nitrogens with zero attached hydrogens (tertiary/aromatic N) is 1. The van der Waals surface area contributed by atoms with Gasteiger partial charge in [-0.25, -0.2) is 4.39 Å². The van der Waals surface area contributed by atoms with Crippen LogP contribution in [-0.4, -0.2) is 11.5 Å². The van der Waals surface area contributed by atoms with E-state index < -0.39 is 0 Å². The molecule has 0 saturated heterocycles. The maximum atomic E-state index is 13.2. The topological polar surface area (TPSA) is 24.9 Å². The lowest BCUT2D eigenvalue weighted by Crippen LogP contribution is -2.24. The summed E-state index contributed by atoms with van der Waals surface area (Å²) < 4.78 is 13.2. The monoisotopic (exact) mass is 292 g/mol. The normalized spacial score (nSPS) is 12.3. The van der Waals surface area contributed by atoms with E-state index in [0.717, 1.165) is 24.9 Å². The van der Waals surface area contributed by atoms with Crippen LogP contribution in [0.1, 0.15) is 30.5 Å². The van der Waals surface area contributed by atoms with Crippen molar-refractivity contribution < 1.29 is 4.39 Å². The number of halogens is 2. The van der Waals surface area contributed by atoms with Gasteiger partial charge in [-0.3, -0.25) is 4.98 Å². The van der Waals surface area contributed by atoms with Gasteiger partial charge in [0, 0.05) is 18.4 Å². The molecule has 0 spiro atoms. The Hall–Kier alpha value is -1.45. The van der Waals surface area contributed by atoms with Gasteiger partial charge in [-0.2, -0.15) is 0 Å². The molecule has 1 N–H and O–H groups in total. The van der Waals surface area contributed by atoms with Crippen molar-refractivity contribution in [2.75, 3.05) is 6.54 Å². The second kappa shape index (κ2) is 7.36. The van der Waals surface area contributed by atoms with Crippen molar-refractivity contribution in [1.82, 2.24) is 10.3 Å². The number of pyridine rings is 1. The lowest BCUT2D eigenvalue weighted by Gasteiger charge is -2.19. The Morgan fingerprint density at radius 3 is 2.65 bits per heavy atom. The zero-order chi connectivity index (χ0) is 14.4. The lowest BCUT2D eigenvalue weighted by atomic mass is 9.99. The number of hydrogen-bond acceptors (Lipinski definition) is 2. The minimum absolute atomic E-state index is 0.173. The summed E-state index contributed by atoms with van der Waals surface area (Å²) in [6.07, 6.45) is 5.40. The standard InChI is InChI=1S/C16H18ClFN2/c1-2-7-20-16(13-5-8-19-9-6-13)11-12-3-4-15(18)14(17)10-12/h3-6,8-10,16,20H,2,7,11H2,1H3. The van der Waals surface area contributed by atoms with Crippen LogP contribution in [0.25, 0.3) is 0 Å². The summed E-state index contributed by atoms with van der Waals surface area (Å²) in [5.41, 5.74) is 2.19. The van der Waals surface area contributed by atoms with Crippen LogP contribution in [0.3, 0.4) is 0 Å². The highest BCUT2D eigenvalue weighted by Crippen LogP contribution is 2.22. The van der Waals surface area contributed by atoms with Gasteiger partial charge in [0.05, 0.1) is 5.02 Å². The van der Waals surface area contributed by atoms with E-state index in [2.05, 4.69) is 17.2 Å². The third-order valence-corrected chi connectivity index (χ3v) is 3.46. The molecule has 0 saturated carbocycles. The van der Waals surface area contributed by atoms with E-state index >= 15 is 0 Å². The van der Waals surface area contributed by atoms with Crippen molar-refractivity contribution in [2.24, 2.45) is 0 Å². The molecule has 0 amide bonds. The number of hydrogen-bond donors (Lipinski definition) is 1. The molecule has 1 aromatic heterocycles. The van der Waals surface area contributed by atoms with E-state index in [0.29, 0.717) is 0 Å². The Bertz CT molecular complexity index is 545. The fourth-order valence-corrected chi connectivity index (χ4v) is 2.33. The summed E-state index contributed by atoms with van der Waals surface area (Å²) in [5.74, 6) is -0.377. The smallest absolute Gasteiger partial charge is 0.141 e. The molecule has 4 heteroatoms. The minimum atomic E-state index is -0.377. The predicted octanol–water partition coefficient (Wildman–Crippen LogP) is 4.16. The van der Waals surface area contributed by atoms with Crippen molar-refractivity contribution in [1.29, 1.82) is 0 Å². The highest BCUT2D eigenvalue weighted by Gasteiger charge is 2.12. The fraction of sp³-hybridized carbons (Fsp3) is 0.312. The average Bonchev–Trinajstić information content (AvgIpc) is 2.48. The van der Waals surface area contributed by atoms with Crippen LogP contribution in [0.5, 0.6) is 0 Å². The molecule has 0 radical (unpaired) electrons. The first-order valence-corrected chi connectivity index (χ1v) is 7.15. The quantitative estimate of drug-likeness (QED) is 0.865. The zero-order valence-corrected chi connectivity index (χ0v) is 12.2. The molecule has 2 aromatic rings. The largest absolute Gasteiger partial charge is 0.310 e. The average molecular weight is 293 g/mol. The van der Waals surface area contributed by atoms with Gasteiger partial charge < -0.3 is 5.32 Å². The molecule has 1 aromatic carbocycles. The maximum Gasteiger partial charge on any atom is 0.141 e.